The Hall–Kier alpha value is -3.13. The number of rotatable bonds is 16. The van der Waals surface area contributed by atoms with Crippen LogP contribution in [0.15, 0.2) is 54.2 Å². The number of phenols is 1. The van der Waals surface area contributed by atoms with E-state index in [4.69, 9.17) is 0 Å². The van der Waals surface area contributed by atoms with Crippen LogP contribution in [0.4, 0.5) is 0 Å². The molecule has 7 nitrogen and oxygen atoms in total. The van der Waals surface area contributed by atoms with Crippen LogP contribution in [0.25, 0.3) is 5.57 Å². The average molecular weight is 606 g/mol. The number of carbonyl (C=O) groups is 3. The monoisotopic (exact) mass is 605 g/mol. The molecule has 0 radical (unpaired) electrons. The van der Waals surface area contributed by atoms with Gasteiger partial charge in [0.15, 0.2) is 5.78 Å². The van der Waals surface area contributed by atoms with Gasteiger partial charge in [-0.1, -0.05) is 61.9 Å². The molecule has 0 spiro atoms. The summed E-state index contributed by atoms with van der Waals surface area (Å²) in [7, 11) is 0. The van der Waals surface area contributed by atoms with Crippen LogP contribution in [0.5, 0.6) is 5.75 Å². The van der Waals surface area contributed by atoms with Crippen LogP contribution >= 0.6 is 0 Å². The minimum absolute atomic E-state index is 0.0195. The largest absolute Gasteiger partial charge is 0.507 e. The van der Waals surface area contributed by atoms with Crippen molar-refractivity contribution >= 4 is 22.9 Å². The van der Waals surface area contributed by atoms with Crippen molar-refractivity contribution < 1.29 is 29.7 Å². The van der Waals surface area contributed by atoms with E-state index in [2.05, 4.69) is 55.2 Å². The Bertz CT molecular complexity index is 1270. The lowest BCUT2D eigenvalue weighted by Crippen LogP contribution is -2.32. The van der Waals surface area contributed by atoms with E-state index in [-0.39, 0.29) is 54.4 Å². The van der Waals surface area contributed by atoms with E-state index in [0.29, 0.717) is 31.2 Å². The van der Waals surface area contributed by atoms with Crippen molar-refractivity contribution in [2.75, 3.05) is 32.8 Å². The molecule has 44 heavy (non-hydrogen) atoms. The summed E-state index contributed by atoms with van der Waals surface area (Å²) in [6.07, 6.45) is 17.8. The second-order valence-electron chi connectivity index (χ2n) is 12.4. The Morgan fingerprint density at radius 1 is 1.00 bits per heavy atom. The maximum atomic E-state index is 13.5. The third kappa shape index (κ3) is 9.94. The zero-order chi connectivity index (χ0) is 32.1. The van der Waals surface area contributed by atoms with Gasteiger partial charge in [0.1, 0.15) is 17.3 Å². The molecule has 0 heterocycles. The van der Waals surface area contributed by atoms with E-state index in [9.17, 15) is 29.7 Å². The number of hydrogen-bond acceptors (Lipinski definition) is 7. The molecule has 3 N–H and O–H groups in total. The summed E-state index contributed by atoms with van der Waals surface area (Å²) in [5.41, 5.74) is 4.49. The number of aliphatic hydroxyl groups is 2. The van der Waals surface area contributed by atoms with Crippen LogP contribution in [-0.2, 0) is 16.0 Å². The molecule has 3 unspecified atom stereocenters. The van der Waals surface area contributed by atoms with E-state index in [1.54, 1.807) is 6.07 Å². The fraction of sp³-hybridized carbons (Fsp3) is 0.541. The minimum atomic E-state index is -0.770. The summed E-state index contributed by atoms with van der Waals surface area (Å²) in [5.74, 6) is -2.01. The number of carbonyl (C=O) groups excluding carboxylic acids is 3. The van der Waals surface area contributed by atoms with Gasteiger partial charge in [-0.15, -0.1) is 0 Å². The number of hydrogen-bond donors (Lipinski definition) is 3. The molecule has 3 atom stereocenters. The van der Waals surface area contributed by atoms with Gasteiger partial charge in [0.2, 0.25) is 0 Å². The van der Waals surface area contributed by atoms with Crippen LogP contribution in [0.1, 0.15) is 93.6 Å². The Morgan fingerprint density at radius 2 is 1.70 bits per heavy atom. The maximum absolute atomic E-state index is 13.5. The van der Waals surface area contributed by atoms with Crippen molar-refractivity contribution in [3.63, 3.8) is 0 Å². The standard InChI is InChI=1S/C37H51NO6/c1-4-17-38(18-5-2)24-27-10-8-6-7-9-11-29(13-12-27)31-14-15-34(42)37-32(31)22-28(23-36(37)44)21-30(16-19-39)33(25-40)35(43)20-26(3)41/h6-9,12-15,28,30,33,39-40,42H,4-5,10-11,16-25H2,1-3H3/b8-6-,9-7-,27-12+,29-13+. The number of benzene rings is 1. The quantitative estimate of drug-likeness (QED) is 0.197. The lowest BCUT2D eigenvalue weighted by Gasteiger charge is -2.32. The van der Waals surface area contributed by atoms with Crippen LogP contribution in [0, 0.1) is 17.8 Å². The summed E-state index contributed by atoms with van der Waals surface area (Å²) < 4.78 is 0. The van der Waals surface area contributed by atoms with Crippen molar-refractivity contribution in [2.45, 2.75) is 78.6 Å². The smallest absolute Gasteiger partial charge is 0.167 e. The van der Waals surface area contributed by atoms with Gasteiger partial charge in [0.25, 0.3) is 0 Å². The van der Waals surface area contributed by atoms with E-state index in [1.165, 1.54) is 12.5 Å². The SMILES string of the molecule is CCCN(CCC)C/C1=C/C=C(/c2ccc(O)c3c2CC(CC(CCO)C(CO)C(=O)CC(C)=O)CC3=O)C/C=C\C=C/C1. The number of Topliss-reactive ketones (excluding diaryl/α,β-unsaturated/α-hetero) is 3. The first kappa shape index (κ1) is 35.4. The lowest BCUT2D eigenvalue weighted by molar-refractivity contribution is -0.131. The fourth-order valence-electron chi connectivity index (χ4n) is 6.75. The number of ketones is 3. The van der Waals surface area contributed by atoms with E-state index >= 15 is 0 Å². The van der Waals surface area contributed by atoms with Gasteiger partial charge >= 0.3 is 0 Å². The maximum Gasteiger partial charge on any atom is 0.167 e. The predicted octanol–water partition coefficient (Wildman–Crippen LogP) is 6.02. The first-order valence-corrected chi connectivity index (χ1v) is 16.3. The normalized spacial score (nSPS) is 22.2. The van der Waals surface area contributed by atoms with Gasteiger partial charge in [-0.3, -0.25) is 19.3 Å². The summed E-state index contributed by atoms with van der Waals surface area (Å²) in [5, 5.41) is 30.6. The second-order valence-corrected chi connectivity index (χ2v) is 12.4. The third-order valence-electron chi connectivity index (χ3n) is 8.75. The number of nitrogens with zero attached hydrogens (tertiary/aromatic N) is 1. The fourth-order valence-corrected chi connectivity index (χ4v) is 6.75. The number of fused-ring (bicyclic) bond motifs is 1. The van der Waals surface area contributed by atoms with Crippen molar-refractivity contribution in [3.05, 3.63) is 70.9 Å². The molecule has 0 saturated carbocycles. The van der Waals surface area contributed by atoms with Crippen molar-refractivity contribution in [1.82, 2.24) is 4.90 Å². The summed E-state index contributed by atoms with van der Waals surface area (Å²) >= 11 is 0. The average Bonchev–Trinajstić information content (AvgIpc) is 2.97. The van der Waals surface area contributed by atoms with E-state index in [0.717, 1.165) is 55.6 Å². The minimum Gasteiger partial charge on any atom is -0.507 e. The molecule has 0 aromatic heterocycles. The van der Waals surface area contributed by atoms with Crippen molar-refractivity contribution in [1.29, 1.82) is 0 Å². The lowest BCUT2D eigenvalue weighted by atomic mass is 9.72. The number of allylic oxidation sites excluding steroid dienone is 7. The molecule has 0 bridgehead atoms. The van der Waals surface area contributed by atoms with Crippen LogP contribution in [0.3, 0.4) is 0 Å². The van der Waals surface area contributed by atoms with Gasteiger partial charge in [-0.05, 0) is 99.6 Å². The molecule has 240 valence electrons. The van der Waals surface area contributed by atoms with E-state index < -0.39 is 12.5 Å². The Labute approximate surface area is 263 Å². The van der Waals surface area contributed by atoms with Crippen LogP contribution < -0.4 is 0 Å². The van der Waals surface area contributed by atoms with Gasteiger partial charge in [0.05, 0.1) is 18.6 Å². The predicted molar refractivity (Wildman–Crippen MR) is 176 cm³/mol. The number of aromatic hydroxyl groups is 1. The molecule has 0 aliphatic heterocycles. The molecular formula is C37H51NO6. The van der Waals surface area contributed by atoms with Crippen molar-refractivity contribution in [3.8, 4) is 5.75 Å². The third-order valence-corrected chi connectivity index (χ3v) is 8.75. The Balaban J connectivity index is 1.97. The van der Waals surface area contributed by atoms with Crippen LogP contribution in [-0.4, -0.2) is 70.4 Å². The molecule has 2 aliphatic carbocycles. The Morgan fingerprint density at radius 3 is 2.34 bits per heavy atom. The molecule has 3 rings (SSSR count). The van der Waals surface area contributed by atoms with Gasteiger partial charge in [0, 0.05) is 25.5 Å². The number of phenolic OH excluding ortho intramolecular Hbond substituents is 1. The highest BCUT2D eigenvalue weighted by atomic mass is 16.3. The topological polar surface area (TPSA) is 115 Å². The van der Waals surface area contributed by atoms with Gasteiger partial charge < -0.3 is 15.3 Å². The second kappa shape index (κ2) is 18.0. The first-order valence-electron chi connectivity index (χ1n) is 16.3. The number of aliphatic hydroxyl groups excluding tert-OH is 2. The van der Waals surface area contributed by atoms with Gasteiger partial charge in [-0.25, -0.2) is 0 Å². The van der Waals surface area contributed by atoms with E-state index in [1.807, 2.05) is 6.07 Å². The van der Waals surface area contributed by atoms with Crippen molar-refractivity contribution in [2.24, 2.45) is 17.8 Å². The first-order chi connectivity index (χ1) is 21.2. The zero-order valence-electron chi connectivity index (χ0n) is 26.8. The molecule has 0 amide bonds. The highest BCUT2D eigenvalue weighted by Crippen LogP contribution is 2.40. The summed E-state index contributed by atoms with van der Waals surface area (Å²) in [6.45, 7) is 8.19. The highest BCUT2D eigenvalue weighted by molar-refractivity contribution is 6.02. The summed E-state index contributed by atoms with van der Waals surface area (Å²) in [4.78, 5) is 40.4. The van der Waals surface area contributed by atoms with Crippen LogP contribution in [0.2, 0.25) is 0 Å². The molecule has 1 aromatic carbocycles. The van der Waals surface area contributed by atoms with Gasteiger partial charge in [-0.2, -0.15) is 0 Å². The molecule has 1 aromatic rings. The highest BCUT2D eigenvalue weighted by Gasteiger charge is 2.35. The summed E-state index contributed by atoms with van der Waals surface area (Å²) in [6, 6.07) is 3.51. The molecule has 0 saturated heterocycles. The molecule has 2 aliphatic rings. The Kier molecular flexibility index (Phi) is 14.5. The zero-order valence-corrected chi connectivity index (χ0v) is 26.8. The molecule has 0 fully saturated rings. The molecule has 7 heteroatoms. The molecular weight excluding hydrogens is 554 g/mol.